The van der Waals surface area contributed by atoms with Gasteiger partial charge in [-0.3, -0.25) is 9.59 Å². The zero-order valence-corrected chi connectivity index (χ0v) is 12.0. The van der Waals surface area contributed by atoms with Gasteiger partial charge in [0.15, 0.2) is 0 Å². The van der Waals surface area contributed by atoms with Crippen LogP contribution in [0.5, 0.6) is 0 Å². The van der Waals surface area contributed by atoms with Gasteiger partial charge in [0.2, 0.25) is 11.8 Å². The molecule has 0 fully saturated rings. The van der Waals surface area contributed by atoms with E-state index in [9.17, 15) is 14.0 Å². The summed E-state index contributed by atoms with van der Waals surface area (Å²) < 4.78 is 18.9. The molecular formula is C14H19FN2O3. The molecule has 0 unspecified atom stereocenters. The molecule has 0 spiro atoms. The number of amides is 2. The third kappa shape index (κ3) is 4.62. The Morgan fingerprint density at radius 3 is 2.45 bits per heavy atom. The highest BCUT2D eigenvalue weighted by Gasteiger charge is 2.15. The predicted molar refractivity (Wildman–Crippen MR) is 74.0 cm³/mol. The van der Waals surface area contributed by atoms with Crippen LogP contribution in [0, 0.1) is 12.7 Å². The van der Waals surface area contributed by atoms with Crippen LogP contribution in [0.3, 0.4) is 0 Å². The minimum atomic E-state index is -0.759. The maximum absolute atomic E-state index is 13.6. The Morgan fingerprint density at radius 1 is 1.35 bits per heavy atom. The topological polar surface area (TPSA) is 81.4 Å². The van der Waals surface area contributed by atoms with Crippen LogP contribution >= 0.6 is 0 Å². The standard InChI is InChI=1S/C14H19FN2O3/c1-8-10(15)5-9(13(16)19)6-11(8)17-12(18)7-20-14(2,3)4/h5-6H,7H2,1-4H3,(H2,16,19)(H,17,18). The first kappa shape index (κ1) is 16.1. The van der Waals surface area contributed by atoms with E-state index < -0.39 is 23.2 Å². The lowest BCUT2D eigenvalue weighted by Gasteiger charge is -2.19. The van der Waals surface area contributed by atoms with Crippen LogP contribution in [0.25, 0.3) is 0 Å². The number of benzene rings is 1. The molecule has 110 valence electrons. The third-order valence-corrected chi connectivity index (χ3v) is 2.54. The van der Waals surface area contributed by atoms with Crippen LogP contribution < -0.4 is 11.1 Å². The number of hydrogen-bond donors (Lipinski definition) is 2. The van der Waals surface area contributed by atoms with E-state index in [1.807, 2.05) is 20.8 Å². The van der Waals surface area contributed by atoms with Crippen molar-refractivity contribution in [3.05, 3.63) is 29.1 Å². The van der Waals surface area contributed by atoms with Gasteiger partial charge in [-0.25, -0.2) is 4.39 Å². The number of rotatable bonds is 4. The van der Waals surface area contributed by atoms with E-state index in [4.69, 9.17) is 10.5 Å². The van der Waals surface area contributed by atoms with Gasteiger partial charge in [-0.05, 0) is 39.8 Å². The fourth-order valence-electron chi connectivity index (χ4n) is 1.42. The van der Waals surface area contributed by atoms with Gasteiger partial charge < -0.3 is 15.8 Å². The molecule has 0 heterocycles. The van der Waals surface area contributed by atoms with Gasteiger partial charge in [-0.2, -0.15) is 0 Å². The van der Waals surface area contributed by atoms with Gasteiger partial charge in [-0.15, -0.1) is 0 Å². The van der Waals surface area contributed by atoms with E-state index in [1.165, 1.54) is 13.0 Å². The van der Waals surface area contributed by atoms with E-state index in [2.05, 4.69) is 5.32 Å². The van der Waals surface area contributed by atoms with Crippen molar-refractivity contribution in [1.29, 1.82) is 0 Å². The van der Waals surface area contributed by atoms with Gasteiger partial charge in [0.05, 0.1) is 5.60 Å². The number of halogens is 1. The summed E-state index contributed by atoms with van der Waals surface area (Å²) in [5, 5.41) is 2.51. The summed E-state index contributed by atoms with van der Waals surface area (Å²) in [4.78, 5) is 22.8. The maximum atomic E-state index is 13.6. The summed E-state index contributed by atoms with van der Waals surface area (Å²) in [5.41, 5.74) is 5.10. The van der Waals surface area contributed by atoms with E-state index in [0.29, 0.717) is 0 Å². The number of carbonyl (C=O) groups excluding carboxylic acids is 2. The van der Waals surface area contributed by atoms with E-state index >= 15 is 0 Å². The number of nitrogens with one attached hydrogen (secondary N) is 1. The van der Waals surface area contributed by atoms with Crippen LogP contribution in [-0.2, 0) is 9.53 Å². The van der Waals surface area contributed by atoms with Crippen LogP contribution in [0.2, 0.25) is 0 Å². The number of hydrogen-bond acceptors (Lipinski definition) is 3. The molecule has 0 aliphatic carbocycles. The molecule has 0 aromatic heterocycles. The van der Waals surface area contributed by atoms with Crippen LogP contribution in [0.15, 0.2) is 12.1 Å². The van der Waals surface area contributed by atoms with Crippen molar-refractivity contribution >= 4 is 17.5 Å². The summed E-state index contributed by atoms with van der Waals surface area (Å²) in [5.74, 6) is -1.79. The van der Waals surface area contributed by atoms with Crippen molar-refractivity contribution in [3.63, 3.8) is 0 Å². The van der Waals surface area contributed by atoms with E-state index in [0.717, 1.165) is 6.07 Å². The Kier molecular flexibility index (Phi) is 4.83. The minimum Gasteiger partial charge on any atom is -0.366 e. The summed E-state index contributed by atoms with van der Waals surface area (Å²) in [7, 11) is 0. The molecule has 0 saturated heterocycles. The molecule has 3 N–H and O–H groups in total. The average Bonchev–Trinajstić information content (AvgIpc) is 2.31. The second-order valence-electron chi connectivity index (χ2n) is 5.44. The van der Waals surface area contributed by atoms with Gasteiger partial charge >= 0.3 is 0 Å². The maximum Gasteiger partial charge on any atom is 0.250 e. The number of anilines is 1. The average molecular weight is 282 g/mol. The molecule has 1 aromatic rings. The molecule has 0 saturated carbocycles. The molecule has 0 radical (unpaired) electrons. The summed E-state index contributed by atoms with van der Waals surface area (Å²) in [6.45, 7) is 6.79. The Bertz CT molecular complexity index is 536. The normalized spacial score (nSPS) is 11.2. The van der Waals surface area contributed by atoms with Crippen molar-refractivity contribution in [3.8, 4) is 0 Å². The van der Waals surface area contributed by atoms with Gasteiger partial charge in [0.25, 0.3) is 0 Å². The first-order valence-electron chi connectivity index (χ1n) is 6.14. The van der Waals surface area contributed by atoms with Crippen LogP contribution in [-0.4, -0.2) is 24.0 Å². The van der Waals surface area contributed by atoms with Crippen molar-refractivity contribution < 1.29 is 18.7 Å². The van der Waals surface area contributed by atoms with Gasteiger partial charge in [0.1, 0.15) is 12.4 Å². The Labute approximate surface area is 117 Å². The molecule has 0 bridgehead atoms. The van der Waals surface area contributed by atoms with E-state index in [1.54, 1.807) is 0 Å². The number of ether oxygens (including phenoxy) is 1. The first-order chi connectivity index (χ1) is 9.10. The van der Waals surface area contributed by atoms with E-state index in [-0.39, 0.29) is 23.4 Å². The van der Waals surface area contributed by atoms with Gasteiger partial charge in [0, 0.05) is 16.8 Å². The lowest BCUT2D eigenvalue weighted by Crippen LogP contribution is -2.27. The number of nitrogens with two attached hydrogens (primary N) is 1. The molecule has 20 heavy (non-hydrogen) atoms. The molecule has 2 amide bonds. The van der Waals surface area contributed by atoms with Crippen molar-refractivity contribution in [2.75, 3.05) is 11.9 Å². The SMILES string of the molecule is Cc1c(F)cc(C(N)=O)cc1NC(=O)COC(C)(C)C. The zero-order valence-electron chi connectivity index (χ0n) is 12.0. The zero-order chi connectivity index (χ0) is 15.5. The highest BCUT2D eigenvalue weighted by Crippen LogP contribution is 2.20. The first-order valence-corrected chi connectivity index (χ1v) is 6.14. The third-order valence-electron chi connectivity index (χ3n) is 2.54. The Balaban J connectivity index is 2.86. The quantitative estimate of drug-likeness (QED) is 0.886. The van der Waals surface area contributed by atoms with Crippen LogP contribution in [0.4, 0.5) is 10.1 Å². The largest absolute Gasteiger partial charge is 0.366 e. The second kappa shape index (κ2) is 6.00. The second-order valence-corrected chi connectivity index (χ2v) is 5.44. The highest BCUT2D eigenvalue weighted by atomic mass is 19.1. The molecule has 6 heteroatoms. The highest BCUT2D eigenvalue weighted by molar-refractivity contribution is 5.97. The molecule has 1 aromatic carbocycles. The molecule has 5 nitrogen and oxygen atoms in total. The lowest BCUT2D eigenvalue weighted by atomic mass is 10.1. The Morgan fingerprint density at radius 2 is 1.95 bits per heavy atom. The number of primary amides is 1. The summed E-state index contributed by atoms with van der Waals surface area (Å²) in [6, 6.07) is 2.38. The van der Waals surface area contributed by atoms with Crippen molar-refractivity contribution in [1.82, 2.24) is 0 Å². The Hall–Kier alpha value is -1.95. The predicted octanol–water partition coefficient (Wildman–Crippen LogP) is 1.99. The van der Waals surface area contributed by atoms with Crippen molar-refractivity contribution in [2.24, 2.45) is 5.73 Å². The number of carbonyl (C=O) groups is 2. The molecule has 0 aliphatic heterocycles. The van der Waals surface area contributed by atoms with Crippen LogP contribution in [0.1, 0.15) is 36.7 Å². The summed E-state index contributed by atoms with van der Waals surface area (Å²) >= 11 is 0. The lowest BCUT2D eigenvalue weighted by molar-refractivity contribution is -0.125. The molecular weight excluding hydrogens is 263 g/mol. The molecule has 0 aliphatic rings. The fourth-order valence-corrected chi connectivity index (χ4v) is 1.42. The fraction of sp³-hybridized carbons (Fsp3) is 0.429. The smallest absolute Gasteiger partial charge is 0.250 e. The molecule has 0 atom stereocenters. The molecule has 1 rings (SSSR count). The summed E-state index contributed by atoms with van der Waals surface area (Å²) in [6.07, 6.45) is 0. The minimum absolute atomic E-state index is 0.000129. The monoisotopic (exact) mass is 282 g/mol. The van der Waals surface area contributed by atoms with Crippen molar-refractivity contribution in [2.45, 2.75) is 33.3 Å². The van der Waals surface area contributed by atoms with Gasteiger partial charge in [-0.1, -0.05) is 0 Å².